The Labute approximate surface area is 231 Å². The molecule has 0 fully saturated rings. The van der Waals surface area contributed by atoms with E-state index in [1.165, 1.54) is 4.90 Å². The number of nitrogens with zero attached hydrogens (tertiary/aromatic N) is 1. The number of ether oxygens (including phenoxy) is 1. The van der Waals surface area contributed by atoms with Gasteiger partial charge < -0.3 is 26.0 Å². The minimum Gasteiger partial charge on any atom is -0.444 e. The molecule has 2 aromatic carbocycles. The van der Waals surface area contributed by atoms with E-state index in [1.54, 1.807) is 20.8 Å². The molecule has 2 aromatic rings. The van der Waals surface area contributed by atoms with E-state index in [9.17, 15) is 19.2 Å². The molecule has 0 radical (unpaired) electrons. The SMILES string of the molecule is CCCN(C(=O)C(CCC(N)=O)NC(=O)OC(C)(C)C)C(C(=O)Nc1c(C)cccc1C)c1ccccc1C. The second kappa shape index (κ2) is 13.8. The number of hydrogen-bond donors (Lipinski definition) is 3. The Balaban J connectivity index is 2.56. The highest BCUT2D eigenvalue weighted by Gasteiger charge is 2.37. The van der Waals surface area contributed by atoms with Gasteiger partial charge in [0, 0.05) is 18.7 Å². The quantitative estimate of drug-likeness (QED) is 0.382. The van der Waals surface area contributed by atoms with Crippen LogP contribution in [0, 0.1) is 20.8 Å². The first-order valence-corrected chi connectivity index (χ1v) is 13.3. The highest BCUT2D eigenvalue weighted by molar-refractivity contribution is 6.00. The van der Waals surface area contributed by atoms with Gasteiger partial charge in [-0.3, -0.25) is 14.4 Å². The second-order valence-corrected chi connectivity index (χ2v) is 10.8. The monoisotopic (exact) mass is 538 g/mol. The number of nitrogens with one attached hydrogen (secondary N) is 2. The van der Waals surface area contributed by atoms with Crippen LogP contribution in [-0.4, -0.2) is 46.9 Å². The number of carbonyl (C=O) groups is 4. The minimum atomic E-state index is -1.13. The third-order valence-corrected chi connectivity index (χ3v) is 6.19. The van der Waals surface area contributed by atoms with E-state index < -0.39 is 35.6 Å². The summed E-state index contributed by atoms with van der Waals surface area (Å²) in [4.78, 5) is 53.8. The molecule has 2 atom stereocenters. The number of hydrogen-bond acceptors (Lipinski definition) is 5. The van der Waals surface area contributed by atoms with Gasteiger partial charge in [0.2, 0.25) is 11.8 Å². The van der Waals surface area contributed by atoms with Crippen molar-refractivity contribution in [3.05, 3.63) is 64.7 Å². The fourth-order valence-electron chi connectivity index (χ4n) is 4.35. The number of rotatable bonds is 11. The van der Waals surface area contributed by atoms with E-state index in [2.05, 4.69) is 10.6 Å². The maximum absolute atomic E-state index is 14.1. The van der Waals surface area contributed by atoms with Crippen LogP contribution in [0.4, 0.5) is 10.5 Å². The van der Waals surface area contributed by atoms with Crippen molar-refractivity contribution in [2.24, 2.45) is 5.73 Å². The highest BCUT2D eigenvalue weighted by atomic mass is 16.6. The minimum absolute atomic E-state index is 0.0351. The molecule has 0 heterocycles. The van der Waals surface area contributed by atoms with Crippen LogP contribution in [0.15, 0.2) is 42.5 Å². The van der Waals surface area contributed by atoms with E-state index in [0.717, 1.165) is 16.7 Å². The summed E-state index contributed by atoms with van der Waals surface area (Å²) >= 11 is 0. The Morgan fingerprint density at radius 2 is 1.54 bits per heavy atom. The second-order valence-electron chi connectivity index (χ2n) is 10.8. The van der Waals surface area contributed by atoms with Gasteiger partial charge in [0.05, 0.1) is 0 Å². The summed E-state index contributed by atoms with van der Waals surface area (Å²) in [6.07, 6.45) is -0.406. The summed E-state index contributed by atoms with van der Waals surface area (Å²) in [7, 11) is 0. The summed E-state index contributed by atoms with van der Waals surface area (Å²) < 4.78 is 5.37. The molecule has 0 saturated heterocycles. The van der Waals surface area contributed by atoms with Gasteiger partial charge in [0.1, 0.15) is 17.7 Å². The molecule has 4 N–H and O–H groups in total. The highest BCUT2D eigenvalue weighted by Crippen LogP contribution is 2.29. The van der Waals surface area contributed by atoms with E-state index in [1.807, 2.05) is 70.2 Å². The van der Waals surface area contributed by atoms with Crippen LogP contribution < -0.4 is 16.4 Å². The van der Waals surface area contributed by atoms with Gasteiger partial charge in [-0.05, 0) is 76.6 Å². The molecular formula is C30H42N4O5. The number of carbonyl (C=O) groups excluding carboxylic acids is 4. The summed E-state index contributed by atoms with van der Waals surface area (Å²) in [5, 5.41) is 5.64. The Bertz CT molecular complexity index is 1170. The Hall–Kier alpha value is -3.88. The topological polar surface area (TPSA) is 131 Å². The van der Waals surface area contributed by atoms with Gasteiger partial charge in [0.25, 0.3) is 5.91 Å². The lowest BCUT2D eigenvalue weighted by Crippen LogP contribution is -2.53. The number of benzene rings is 2. The summed E-state index contributed by atoms with van der Waals surface area (Å²) in [5.74, 6) is -1.49. The molecule has 9 nitrogen and oxygen atoms in total. The molecule has 212 valence electrons. The number of para-hydroxylation sites is 1. The fourth-order valence-corrected chi connectivity index (χ4v) is 4.35. The van der Waals surface area contributed by atoms with E-state index in [0.29, 0.717) is 17.7 Å². The molecule has 0 aliphatic heterocycles. The summed E-state index contributed by atoms with van der Waals surface area (Å²) in [6.45, 7) is 13.0. The molecule has 4 amide bonds. The van der Waals surface area contributed by atoms with E-state index >= 15 is 0 Å². The van der Waals surface area contributed by atoms with E-state index in [4.69, 9.17) is 10.5 Å². The van der Waals surface area contributed by atoms with Crippen molar-refractivity contribution in [1.29, 1.82) is 0 Å². The largest absolute Gasteiger partial charge is 0.444 e. The zero-order valence-electron chi connectivity index (χ0n) is 24.1. The lowest BCUT2D eigenvalue weighted by atomic mass is 9.97. The van der Waals surface area contributed by atoms with Crippen LogP contribution in [0.25, 0.3) is 0 Å². The smallest absolute Gasteiger partial charge is 0.408 e. The number of anilines is 1. The van der Waals surface area contributed by atoms with Gasteiger partial charge in [-0.1, -0.05) is 49.4 Å². The van der Waals surface area contributed by atoms with Crippen molar-refractivity contribution in [2.45, 2.75) is 85.4 Å². The number of nitrogens with two attached hydrogens (primary N) is 1. The van der Waals surface area contributed by atoms with Crippen LogP contribution in [-0.2, 0) is 19.1 Å². The van der Waals surface area contributed by atoms with Gasteiger partial charge in [-0.25, -0.2) is 4.79 Å². The van der Waals surface area contributed by atoms with Crippen LogP contribution in [0.1, 0.15) is 75.3 Å². The molecule has 9 heteroatoms. The van der Waals surface area contributed by atoms with Crippen molar-refractivity contribution in [1.82, 2.24) is 10.2 Å². The Morgan fingerprint density at radius 1 is 0.949 bits per heavy atom. The Kier molecular flexibility index (Phi) is 11.1. The summed E-state index contributed by atoms with van der Waals surface area (Å²) in [5.41, 5.74) is 8.55. The standard InChI is InChI=1S/C30H42N4O5/c1-8-18-34(28(37)23(16-17-24(31)35)32-29(38)39-30(5,6)7)26(22-15-10-9-12-19(22)2)27(36)33-25-20(3)13-11-14-21(25)4/h9-15,23,26H,8,16-18H2,1-7H3,(H2,31,35)(H,32,38)(H,33,36). The third kappa shape index (κ3) is 9.12. The lowest BCUT2D eigenvalue weighted by Gasteiger charge is -2.35. The zero-order chi connectivity index (χ0) is 29.3. The maximum atomic E-state index is 14.1. The first kappa shape index (κ1) is 31.3. The molecule has 0 spiro atoms. The van der Waals surface area contributed by atoms with Gasteiger partial charge in [-0.2, -0.15) is 0 Å². The van der Waals surface area contributed by atoms with Crippen LogP contribution in [0.5, 0.6) is 0 Å². The fraction of sp³-hybridized carbons (Fsp3) is 0.467. The predicted molar refractivity (Wildman–Crippen MR) is 152 cm³/mol. The number of primary amides is 1. The summed E-state index contributed by atoms with van der Waals surface area (Å²) in [6, 6.07) is 11.0. The molecule has 0 aliphatic rings. The molecule has 0 bridgehead atoms. The molecule has 0 aromatic heterocycles. The lowest BCUT2D eigenvalue weighted by molar-refractivity contribution is -0.141. The van der Waals surface area contributed by atoms with Crippen LogP contribution in [0.3, 0.4) is 0 Å². The number of amides is 4. The zero-order valence-corrected chi connectivity index (χ0v) is 24.1. The first-order valence-electron chi connectivity index (χ1n) is 13.3. The van der Waals surface area contributed by atoms with Gasteiger partial charge >= 0.3 is 6.09 Å². The number of aryl methyl sites for hydroxylation is 3. The average Bonchev–Trinajstić information content (AvgIpc) is 2.83. The molecule has 2 unspecified atom stereocenters. The molecule has 0 aliphatic carbocycles. The van der Waals surface area contributed by atoms with Crippen molar-refractivity contribution < 1.29 is 23.9 Å². The normalized spacial score (nSPS) is 12.7. The van der Waals surface area contributed by atoms with Gasteiger partial charge in [0.15, 0.2) is 0 Å². The van der Waals surface area contributed by atoms with Crippen molar-refractivity contribution in [3.8, 4) is 0 Å². The first-order chi connectivity index (χ1) is 18.2. The van der Waals surface area contributed by atoms with Crippen LogP contribution in [0.2, 0.25) is 0 Å². The number of alkyl carbamates (subject to hydrolysis) is 1. The molecule has 2 rings (SSSR count). The predicted octanol–water partition coefficient (Wildman–Crippen LogP) is 4.69. The van der Waals surface area contributed by atoms with Crippen LogP contribution >= 0.6 is 0 Å². The van der Waals surface area contributed by atoms with Gasteiger partial charge in [-0.15, -0.1) is 0 Å². The third-order valence-electron chi connectivity index (χ3n) is 6.19. The Morgan fingerprint density at radius 3 is 2.08 bits per heavy atom. The molecular weight excluding hydrogens is 496 g/mol. The molecule has 0 saturated carbocycles. The van der Waals surface area contributed by atoms with Crippen molar-refractivity contribution >= 4 is 29.5 Å². The van der Waals surface area contributed by atoms with Crippen molar-refractivity contribution in [3.63, 3.8) is 0 Å². The van der Waals surface area contributed by atoms with E-state index in [-0.39, 0.29) is 25.3 Å². The average molecular weight is 539 g/mol. The molecule has 39 heavy (non-hydrogen) atoms. The van der Waals surface area contributed by atoms with Crippen molar-refractivity contribution in [2.75, 3.05) is 11.9 Å². The maximum Gasteiger partial charge on any atom is 0.408 e.